The van der Waals surface area contributed by atoms with E-state index in [1.165, 1.54) is 70.6 Å². The number of rotatable bonds is 37. The molecule has 0 aromatic rings. The van der Waals surface area contributed by atoms with Gasteiger partial charge in [0, 0.05) is 13.0 Å². The summed E-state index contributed by atoms with van der Waals surface area (Å²) in [4.78, 5) is 22.6. The van der Waals surface area contributed by atoms with Crippen molar-refractivity contribution >= 4 is 13.7 Å². The molecule has 5 N–H and O–H groups in total. The van der Waals surface area contributed by atoms with E-state index in [0.717, 1.165) is 57.8 Å². The van der Waals surface area contributed by atoms with E-state index in [0.29, 0.717) is 6.42 Å². The van der Waals surface area contributed by atoms with Crippen molar-refractivity contribution in [2.75, 3.05) is 19.8 Å². The molecular weight excluding hydrogens is 683 g/mol. The van der Waals surface area contributed by atoms with Gasteiger partial charge in [0.15, 0.2) is 0 Å². The van der Waals surface area contributed by atoms with Crippen LogP contribution in [-0.2, 0) is 18.4 Å². The number of phosphoric ester groups is 1. The molecule has 3 atom stereocenters. The van der Waals surface area contributed by atoms with Crippen LogP contribution in [0, 0.1) is 0 Å². The van der Waals surface area contributed by atoms with E-state index in [4.69, 9.17) is 14.8 Å². The van der Waals surface area contributed by atoms with Crippen molar-refractivity contribution in [3.05, 3.63) is 85.1 Å². The molecule has 0 bridgehead atoms. The number of nitrogens with two attached hydrogens (primary N) is 1. The first-order valence-electron chi connectivity index (χ1n) is 20.7. The zero-order chi connectivity index (χ0) is 38.9. The zero-order valence-corrected chi connectivity index (χ0v) is 34.4. The summed E-state index contributed by atoms with van der Waals surface area (Å²) in [6.45, 7) is 3.94. The summed E-state index contributed by atoms with van der Waals surface area (Å²) in [5.74, 6) is -0.280. The van der Waals surface area contributed by atoms with Crippen LogP contribution in [0.2, 0.25) is 0 Å². The highest BCUT2D eigenvalue weighted by Crippen LogP contribution is 2.43. The zero-order valence-electron chi connectivity index (χ0n) is 33.5. The topological polar surface area (TPSA) is 131 Å². The van der Waals surface area contributed by atoms with Gasteiger partial charge in [0.1, 0.15) is 0 Å². The van der Waals surface area contributed by atoms with Gasteiger partial charge in [0.2, 0.25) is 5.91 Å². The normalized spacial score (nSPS) is 15.0. The van der Waals surface area contributed by atoms with Gasteiger partial charge in [-0.05, 0) is 57.8 Å². The maximum absolute atomic E-state index is 12.7. The van der Waals surface area contributed by atoms with E-state index in [2.05, 4.69) is 79.9 Å². The summed E-state index contributed by atoms with van der Waals surface area (Å²) in [6, 6.07) is -0.905. The molecule has 0 spiro atoms. The van der Waals surface area contributed by atoms with Gasteiger partial charge in [-0.2, -0.15) is 0 Å². The molecule has 0 fully saturated rings. The van der Waals surface area contributed by atoms with Gasteiger partial charge >= 0.3 is 7.82 Å². The molecule has 0 radical (unpaired) electrons. The summed E-state index contributed by atoms with van der Waals surface area (Å²) >= 11 is 0. The molecule has 0 aliphatic heterocycles. The van der Waals surface area contributed by atoms with Gasteiger partial charge < -0.3 is 21.1 Å². The number of aliphatic hydroxyl groups is 1. The van der Waals surface area contributed by atoms with Gasteiger partial charge in [0.25, 0.3) is 0 Å². The third-order valence-electron chi connectivity index (χ3n) is 8.49. The number of allylic oxidation sites excluding steroid dienone is 13. The lowest BCUT2D eigenvalue weighted by molar-refractivity contribution is -0.122. The summed E-state index contributed by atoms with van der Waals surface area (Å²) < 4.78 is 22.1. The van der Waals surface area contributed by atoms with Crippen molar-refractivity contribution in [3.63, 3.8) is 0 Å². The van der Waals surface area contributed by atoms with Crippen molar-refractivity contribution in [2.24, 2.45) is 5.73 Å². The highest BCUT2D eigenvalue weighted by molar-refractivity contribution is 7.47. The second-order valence-corrected chi connectivity index (χ2v) is 14.9. The molecule has 3 unspecified atom stereocenters. The van der Waals surface area contributed by atoms with Gasteiger partial charge in [-0.1, -0.05) is 176 Å². The average molecular weight is 761 g/mol. The number of unbranched alkanes of at least 4 members (excludes halogenated alkanes) is 13. The SMILES string of the molecule is CC/C=C\C/C=C\C/C=C\C/C=C\C/C=C\C/C=C\CCC(=O)NC(COP(=O)(O)OCCN)C(O)/C=C/CCCCCCCCCCCCCCC. The first-order chi connectivity index (χ1) is 25.9. The van der Waals surface area contributed by atoms with E-state index >= 15 is 0 Å². The monoisotopic (exact) mass is 761 g/mol. The third kappa shape index (κ3) is 37.8. The molecule has 0 saturated carbocycles. The molecule has 0 heterocycles. The molecule has 8 nitrogen and oxygen atoms in total. The van der Waals surface area contributed by atoms with E-state index < -0.39 is 20.0 Å². The summed E-state index contributed by atoms with van der Waals surface area (Å²) in [5.41, 5.74) is 5.36. The maximum Gasteiger partial charge on any atom is 0.472 e. The van der Waals surface area contributed by atoms with Crippen LogP contribution in [0.5, 0.6) is 0 Å². The van der Waals surface area contributed by atoms with E-state index in [9.17, 15) is 19.4 Å². The Morgan fingerprint density at radius 3 is 1.57 bits per heavy atom. The van der Waals surface area contributed by atoms with Crippen molar-refractivity contribution < 1.29 is 28.4 Å². The molecule has 0 rings (SSSR count). The lowest BCUT2D eigenvalue weighted by Gasteiger charge is -2.23. The second kappa shape index (κ2) is 39.4. The number of nitrogens with one attached hydrogen (secondary N) is 1. The molecule has 0 aliphatic rings. The molecule has 9 heteroatoms. The van der Waals surface area contributed by atoms with E-state index in [-0.39, 0.29) is 32.1 Å². The second-order valence-electron chi connectivity index (χ2n) is 13.5. The maximum atomic E-state index is 12.7. The number of aliphatic hydroxyl groups excluding tert-OH is 1. The first-order valence-corrected chi connectivity index (χ1v) is 22.2. The van der Waals surface area contributed by atoms with E-state index in [1.807, 2.05) is 18.2 Å². The smallest absolute Gasteiger partial charge is 0.387 e. The van der Waals surface area contributed by atoms with Crippen molar-refractivity contribution in [1.29, 1.82) is 0 Å². The predicted octanol–water partition coefficient (Wildman–Crippen LogP) is 11.4. The Hall–Kier alpha value is -2.32. The predicted molar refractivity (Wildman–Crippen MR) is 226 cm³/mol. The minimum absolute atomic E-state index is 0.0627. The van der Waals surface area contributed by atoms with Gasteiger partial charge in [-0.15, -0.1) is 0 Å². The number of phosphoric acid groups is 1. The number of amides is 1. The van der Waals surface area contributed by atoms with E-state index in [1.54, 1.807) is 6.08 Å². The fourth-order valence-electron chi connectivity index (χ4n) is 5.39. The molecular formula is C44H77N2O6P. The molecule has 1 amide bonds. The number of hydrogen-bond acceptors (Lipinski definition) is 6. The third-order valence-corrected chi connectivity index (χ3v) is 9.47. The fourth-order valence-corrected chi connectivity index (χ4v) is 6.15. The minimum atomic E-state index is -4.36. The van der Waals surface area contributed by atoms with Crippen LogP contribution in [0.3, 0.4) is 0 Å². The van der Waals surface area contributed by atoms with Crippen LogP contribution in [0.4, 0.5) is 0 Å². The Bertz CT molecular complexity index is 1100. The Morgan fingerprint density at radius 2 is 1.09 bits per heavy atom. The average Bonchev–Trinajstić information content (AvgIpc) is 3.14. The molecule has 53 heavy (non-hydrogen) atoms. The van der Waals surface area contributed by atoms with Crippen LogP contribution in [-0.4, -0.2) is 47.8 Å². The van der Waals surface area contributed by atoms with Crippen molar-refractivity contribution in [1.82, 2.24) is 5.32 Å². The van der Waals surface area contributed by atoms with Crippen LogP contribution in [0.1, 0.15) is 155 Å². The first kappa shape index (κ1) is 50.7. The van der Waals surface area contributed by atoms with Crippen LogP contribution in [0.25, 0.3) is 0 Å². The highest BCUT2D eigenvalue weighted by atomic mass is 31.2. The van der Waals surface area contributed by atoms with Crippen LogP contribution in [0.15, 0.2) is 85.1 Å². The minimum Gasteiger partial charge on any atom is -0.387 e. The lowest BCUT2D eigenvalue weighted by Crippen LogP contribution is -2.45. The van der Waals surface area contributed by atoms with Gasteiger partial charge in [0.05, 0.1) is 25.4 Å². The summed E-state index contributed by atoms with van der Waals surface area (Å²) in [7, 11) is -4.36. The molecule has 0 aromatic carbocycles. The Kier molecular flexibility index (Phi) is 37.7. The molecule has 0 saturated heterocycles. The van der Waals surface area contributed by atoms with Crippen LogP contribution < -0.4 is 11.1 Å². The Balaban J connectivity index is 4.42. The number of carbonyl (C=O) groups excluding carboxylic acids is 1. The number of carbonyl (C=O) groups is 1. The highest BCUT2D eigenvalue weighted by Gasteiger charge is 2.26. The lowest BCUT2D eigenvalue weighted by atomic mass is 10.0. The molecule has 0 aliphatic carbocycles. The van der Waals surface area contributed by atoms with Gasteiger partial charge in [-0.3, -0.25) is 13.8 Å². The van der Waals surface area contributed by atoms with Crippen molar-refractivity contribution in [3.8, 4) is 0 Å². The fraction of sp³-hybridized carbons (Fsp3) is 0.659. The Morgan fingerprint density at radius 1 is 0.642 bits per heavy atom. The molecule has 304 valence electrons. The Labute approximate surface area is 324 Å². The standard InChI is InChI=1S/C44H77N2O6P/c1-3-5-7-9-11-13-15-17-19-20-21-22-24-26-28-30-32-34-36-38-44(48)46-42(41-52-53(49,50)51-40-39-45)43(47)37-35-33-31-29-27-25-23-18-16-14-12-10-8-6-4-2/h5,7,11,13,17,19,21-22,26,28,32,34-35,37,42-43,47H,3-4,6,8-10,12,14-16,18,20,23-25,27,29-31,33,36,38-41,45H2,1-2H3,(H,46,48)(H,49,50)/b7-5-,13-11-,19-17-,22-21-,28-26-,34-32-,37-35+. The van der Waals surface area contributed by atoms with Crippen molar-refractivity contribution in [2.45, 2.75) is 167 Å². The summed E-state index contributed by atoms with van der Waals surface area (Å²) in [5, 5.41) is 13.6. The number of hydrogen-bond donors (Lipinski definition) is 4. The largest absolute Gasteiger partial charge is 0.472 e. The quantitative estimate of drug-likeness (QED) is 0.0282. The summed E-state index contributed by atoms with van der Waals surface area (Å²) in [6.07, 6.45) is 52.1. The van der Waals surface area contributed by atoms with Crippen LogP contribution >= 0.6 is 7.82 Å². The van der Waals surface area contributed by atoms with Gasteiger partial charge in [-0.25, -0.2) is 4.57 Å². The molecule has 0 aromatic heterocycles.